The highest BCUT2D eigenvalue weighted by atomic mass is 32.1. The quantitative estimate of drug-likeness (QED) is 0.139. The predicted molar refractivity (Wildman–Crippen MR) is 622 cm³/mol. The van der Waals surface area contributed by atoms with E-state index < -0.39 is 14.2 Å². The molecule has 8 heterocycles. The highest BCUT2D eigenvalue weighted by Gasteiger charge is 2.56. The largest absolute Gasteiger partial charge is 0.495 e. The van der Waals surface area contributed by atoms with Crippen LogP contribution in [0, 0.1) is 0 Å². The van der Waals surface area contributed by atoms with Crippen LogP contribution in [-0.4, -0.2) is 73.3 Å². The molecule has 0 bridgehead atoms. The number of hydrogen-bond acceptors (Lipinski definition) is 12. The number of thiophene rings is 4. The summed E-state index contributed by atoms with van der Waals surface area (Å²) in [6, 6.07) is 133. The summed E-state index contributed by atoms with van der Waals surface area (Å²) in [5.74, 6) is 0. The van der Waals surface area contributed by atoms with E-state index in [4.69, 9.17) is 37.2 Å². The standard InChI is InChI=1S/4C32H27BO2S/c1-31(2)32(3,4)35-33(34-31)28-16-9-14-22-21(13-8-15-24(22)28)23-12-7-10-20-18-27-25-11-5-6-17-29(25)36-30(27)19-26(20)23;1-31(2)32(3,4)35-33(34-31)27-17-8-13-20-12-7-14-23(29(20)27)24-15-9-16-25-26-18-21-10-5-6-11-22(21)19-28(26)36-30(24)25;1-31(2)32(3,4)35-33(34-31)26-14-9-11-20-16-17-22(18-25(20)26)29-23-12-6-5-10-21(23)19-28-30(29)24-13-7-8-15-27(24)36-28;1-31(2)32(3,4)35-33(34-31)25-15-14-22-16-24(13-12-23(22)17-25)26-10-7-11-28-30(26)27-18-20-8-5-6-9-21(20)19-29(27)36-28/h4*5-19H,1-4H3. The maximum Gasteiger partial charge on any atom is 0.495 e. The first-order chi connectivity index (χ1) is 69.3. The van der Waals surface area contributed by atoms with Crippen molar-refractivity contribution >= 4 is 263 Å². The molecule has 16 heteroatoms. The molecule has 0 unspecified atom stereocenters. The van der Waals surface area contributed by atoms with Crippen molar-refractivity contribution in [1.82, 2.24) is 0 Å². The molecule has 28 rings (SSSR count). The van der Waals surface area contributed by atoms with Gasteiger partial charge in [0.05, 0.1) is 44.8 Å². The van der Waals surface area contributed by atoms with Gasteiger partial charge in [0.2, 0.25) is 0 Å². The first-order valence-corrected chi connectivity index (χ1v) is 53.4. The summed E-state index contributed by atoms with van der Waals surface area (Å²) in [5, 5.41) is 30.4. The van der Waals surface area contributed by atoms with Crippen LogP contribution in [0.25, 0.3) is 211 Å². The molecular weight excluding hydrogens is 1840 g/mol. The summed E-state index contributed by atoms with van der Waals surface area (Å²) in [6.07, 6.45) is 0. The van der Waals surface area contributed by atoms with E-state index in [1.54, 1.807) is 0 Å². The van der Waals surface area contributed by atoms with Gasteiger partial charge >= 0.3 is 28.5 Å². The molecule has 4 aliphatic rings. The Balaban J connectivity index is 0.000000101. The maximum absolute atomic E-state index is 6.51. The zero-order valence-corrected chi connectivity index (χ0v) is 87.1. The van der Waals surface area contributed by atoms with Crippen molar-refractivity contribution in [2.75, 3.05) is 0 Å². The van der Waals surface area contributed by atoms with Gasteiger partial charge in [-0.3, -0.25) is 0 Å². The normalized spacial score (nSPS) is 17.1. The SMILES string of the molecule is CC1(C)OB(c2ccc3cc(-c4cccc5sc6cc7ccccc7cc6c45)ccc3c2)OC1(C)C.CC1(C)OB(c2cccc3c(-c4cccc5cc6c(cc45)sc4ccccc46)cccc23)OC1(C)C.CC1(C)OB(c2cccc3ccc(-c4c5ccccc5cc5sc6ccccc6c45)cc23)OC1(C)C.CC1(C)OB(c2cccc3cccc(-c4cccc5c4sc4cc6ccccc6cc45)c23)OC1(C)C. The molecule has 4 aromatic heterocycles. The summed E-state index contributed by atoms with van der Waals surface area (Å²) < 4.78 is 62.0. The molecule has 8 nitrogen and oxygen atoms in total. The molecule has 704 valence electrons. The molecule has 4 fully saturated rings. The van der Waals surface area contributed by atoms with Gasteiger partial charge in [0.25, 0.3) is 0 Å². The maximum atomic E-state index is 6.51. The third-order valence-corrected chi connectivity index (χ3v) is 37.0. The molecule has 0 spiro atoms. The number of rotatable bonds is 8. The van der Waals surface area contributed by atoms with Crippen molar-refractivity contribution in [2.45, 2.75) is 156 Å². The molecule has 20 aromatic carbocycles. The Morgan fingerprint density at radius 1 is 0.174 bits per heavy atom. The fourth-order valence-corrected chi connectivity index (χ4v) is 26.4. The van der Waals surface area contributed by atoms with Crippen LogP contribution in [-0.2, 0) is 37.2 Å². The van der Waals surface area contributed by atoms with E-state index in [2.05, 4.69) is 475 Å². The molecule has 0 aliphatic carbocycles. The van der Waals surface area contributed by atoms with Crippen LogP contribution in [0.1, 0.15) is 111 Å². The molecule has 24 aromatic rings. The van der Waals surface area contributed by atoms with Crippen LogP contribution in [0.4, 0.5) is 0 Å². The fraction of sp³-hybridized carbons (Fsp3) is 0.188. The molecule has 0 saturated carbocycles. The molecular formula is C128H108B4O8S4. The lowest BCUT2D eigenvalue weighted by Crippen LogP contribution is -2.41. The number of fused-ring (bicyclic) bond motifs is 20. The van der Waals surface area contributed by atoms with Crippen LogP contribution in [0.2, 0.25) is 0 Å². The highest BCUT2D eigenvalue weighted by molar-refractivity contribution is 7.27. The first kappa shape index (κ1) is 92.4. The lowest BCUT2D eigenvalue weighted by Gasteiger charge is -2.32. The van der Waals surface area contributed by atoms with Gasteiger partial charge in [0, 0.05) is 86.3 Å². The fourth-order valence-electron chi connectivity index (χ4n) is 21.7. The lowest BCUT2D eigenvalue weighted by molar-refractivity contribution is 0.00578. The molecule has 144 heavy (non-hydrogen) atoms. The summed E-state index contributed by atoms with van der Waals surface area (Å²) in [6.45, 7) is 33.7. The Morgan fingerprint density at radius 3 is 1.20 bits per heavy atom. The monoisotopic (exact) mass is 1940 g/mol. The Morgan fingerprint density at radius 2 is 0.549 bits per heavy atom. The Hall–Kier alpha value is -12.7. The summed E-state index contributed by atoms with van der Waals surface area (Å²) >= 11 is 7.50. The van der Waals surface area contributed by atoms with Gasteiger partial charge in [-0.15, -0.1) is 45.3 Å². The van der Waals surface area contributed by atoms with Gasteiger partial charge in [0.15, 0.2) is 0 Å². The second-order valence-electron chi connectivity index (χ2n) is 43.3. The third-order valence-electron chi connectivity index (χ3n) is 32.4. The molecule has 0 radical (unpaired) electrons. The van der Waals surface area contributed by atoms with Crippen molar-refractivity contribution < 1.29 is 37.2 Å². The van der Waals surface area contributed by atoms with Crippen molar-refractivity contribution in [3.8, 4) is 44.5 Å². The predicted octanol–water partition coefficient (Wildman–Crippen LogP) is 33.3. The van der Waals surface area contributed by atoms with Gasteiger partial charge in [-0.25, -0.2) is 0 Å². The zero-order chi connectivity index (χ0) is 98.6. The molecule has 0 atom stereocenters. The summed E-state index contributed by atoms with van der Waals surface area (Å²) in [7, 11) is -1.55. The first-order valence-electron chi connectivity index (χ1n) is 50.2. The van der Waals surface area contributed by atoms with Crippen LogP contribution >= 0.6 is 45.3 Å². The Labute approximate surface area is 857 Å². The minimum Gasteiger partial charge on any atom is -0.399 e. The summed E-state index contributed by atoms with van der Waals surface area (Å²) in [4.78, 5) is 0. The van der Waals surface area contributed by atoms with Crippen LogP contribution in [0.5, 0.6) is 0 Å². The van der Waals surface area contributed by atoms with E-state index in [1.807, 2.05) is 45.3 Å². The van der Waals surface area contributed by atoms with Crippen molar-refractivity contribution in [3.63, 3.8) is 0 Å². The molecule has 4 aliphatic heterocycles. The number of hydrogen-bond donors (Lipinski definition) is 0. The second kappa shape index (κ2) is 34.5. The van der Waals surface area contributed by atoms with Crippen molar-refractivity contribution in [1.29, 1.82) is 0 Å². The smallest absolute Gasteiger partial charge is 0.399 e. The van der Waals surface area contributed by atoms with Gasteiger partial charge < -0.3 is 37.2 Å². The van der Waals surface area contributed by atoms with Gasteiger partial charge in [-0.2, -0.15) is 0 Å². The van der Waals surface area contributed by atoms with Gasteiger partial charge in [-0.05, 0) is 331 Å². The van der Waals surface area contributed by atoms with Gasteiger partial charge in [0.1, 0.15) is 0 Å². The van der Waals surface area contributed by atoms with E-state index in [9.17, 15) is 0 Å². The Bertz CT molecular complexity index is 9340. The van der Waals surface area contributed by atoms with Crippen molar-refractivity contribution in [3.05, 3.63) is 364 Å². The van der Waals surface area contributed by atoms with Crippen LogP contribution in [0.3, 0.4) is 0 Å². The van der Waals surface area contributed by atoms with E-state index in [0.29, 0.717) is 0 Å². The molecule has 0 N–H and O–H groups in total. The van der Waals surface area contributed by atoms with E-state index in [0.717, 1.165) is 21.9 Å². The second-order valence-corrected chi connectivity index (χ2v) is 47.6. The van der Waals surface area contributed by atoms with Gasteiger partial charge in [-0.1, -0.05) is 291 Å². The molecule has 0 amide bonds. The average molecular weight is 1950 g/mol. The average Bonchev–Trinajstić information content (AvgIpc) is 1.60. The minimum atomic E-state index is -0.410. The van der Waals surface area contributed by atoms with E-state index in [-0.39, 0.29) is 59.0 Å². The van der Waals surface area contributed by atoms with Crippen LogP contribution in [0.15, 0.2) is 364 Å². The Kier molecular flexibility index (Phi) is 22.1. The van der Waals surface area contributed by atoms with Crippen LogP contribution < -0.4 is 21.9 Å². The minimum absolute atomic E-state index is 0.343. The van der Waals surface area contributed by atoms with E-state index in [1.165, 1.54) is 211 Å². The molecule has 4 saturated heterocycles. The number of benzene rings is 20. The van der Waals surface area contributed by atoms with E-state index >= 15 is 0 Å². The van der Waals surface area contributed by atoms with Crippen molar-refractivity contribution in [2.24, 2.45) is 0 Å². The highest BCUT2D eigenvalue weighted by Crippen LogP contribution is 2.51. The lowest BCUT2D eigenvalue weighted by atomic mass is 9.74. The summed E-state index contributed by atoms with van der Waals surface area (Å²) in [5.41, 5.74) is 11.4. The third kappa shape index (κ3) is 15.6. The topological polar surface area (TPSA) is 73.8 Å². The zero-order valence-electron chi connectivity index (χ0n) is 83.8.